The Morgan fingerprint density at radius 1 is 1.24 bits per heavy atom. The van der Waals surface area contributed by atoms with E-state index in [2.05, 4.69) is 20.8 Å². The largest absolute Gasteiger partial charge is 0.479 e. The molecule has 8 nitrogen and oxygen atoms in total. The quantitative estimate of drug-likeness (QED) is 0.469. The van der Waals surface area contributed by atoms with Gasteiger partial charge in [0.15, 0.2) is 11.8 Å². The molecular formula is C25H25FN4O4. The van der Waals surface area contributed by atoms with Crippen molar-refractivity contribution in [1.29, 1.82) is 0 Å². The van der Waals surface area contributed by atoms with E-state index in [1.807, 2.05) is 6.07 Å². The van der Waals surface area contributed by atoms with Crippen LogP contribution in [0.25, 0.3) is 27.8 Å². The van der Waals surface area contributed by atoms with Crippen LogP contribution in [0.5, 0.6) is 0 Å². The van der Waals surface area contributed by atoms with E-state index in [1.54, 1.807) is 19.2 Å². The highest BCUT2D eigenvalue weighted by Gasteiger charge is 2.38. The van der Waals surface area contributed by atoms with Gasteiger partial charge in [-0.25, -0.2) is 14.2 Å². The maximum atomic E-state index is 14.2. The summed E-state index contributed by atoms with van der Waals surface area (Å²) in [6, 6.07) is 7.19. The van der Waals surface area contributed by atoms with Gasteiger partial charge in [0.2, 0.25) is 0 Å². The molecule has 5 heterocycles. The second kappa shape index (κ2) is 8.18. The van der Waals surface area contributed by atoms with Gasteiger partial charge in [-0.2, -0.15) is 5.10 Å². The van der Waals surface area contributed by atoms with Crippen molar-refractivity contribution >= 4 is 28.0 Å². The van der Waals surface area contributed by atoms with E-state index in [0.717, 1.165) is 46.2 Å². The Balaban J connectivity index is 1.66. The predicted molar refractivity (Wildman–Crippen MR) is 123 cm³/mol. The molecule has 2 fully saturated rings. The summed E-state index contributed by atoms with van der Waals surface area (Å²) in [7, 11) is 0. The Labute approximate surface area is 194 Å². The fraction of sp³-hybridized carbons (Fsp3) is 0.400. The van der Waals surface area contributed by atoms with E-state index < -0.39 is 12.1 Å². The number of aromatic nitrogens is 4. The van der Waals surface area contributed by atoms with Crippen molar-refractivity contribution in [3.63, 3.8) is 0 Å². The first kappa shape index (κ1) is 21.2. The third-order valence-electron chi connectivity index (χ3n) is 7.11. The van der Waals surface area contributed by atoms with Gasteiger partial charge >= 0.3 is 5.97 Å². The number of halogens is 1. The number of nitrogens with one attached hydrogen (secondary N) is 1. The molecule has 2 aliphatic heterocycles. The molecule has 2 atom stereocenters. The number of rotatable bonds is 4. The number of ether oxygens (including phenoxy) is 2. The third-order valence-corrected chi connectivity index (χ3v) is 7.11. The SMILES string of the molecule is Cc1cc(-n2c(C3CCOCC3)c([C@@H]3COC(C(=O)O)C3)c3nc4[nH]ncc4cc32)ccc1F. The molecule has 2 saturated heterocycles. The third kappa shape index (κ3) is 3.38. The number of hydrogen-bond donors (Lipinski definition) is 2. The van der Waals surface area contributed by atoms with Gasteiger partial charge in [-0.15, -0.1) is 0 Å². The number of aromatic amines is 1. The molecule has 0 saturated carbocycles. The minimum absolute atomic E-state index is 0.114. The number of nitrogens with zero attached hydrogens (tertiary/aromatic N) is 3. The first-order chi connectivity index (χ1) is 16.5. The van der Waals surface area contributed by atoms with E-state index in [-0.39, 0.29) is 17.7 Å². The number of carbonyl (C=O) groups is 1. The lowest BCUT2D eigenvalue weighted by Gasteiger charge is -2.26. The van der Waals surface area contributed by atoms with Gasteiger partial charge in [0.1, 0.15) is 5.82 Å². The molecule has 3 aromatic heterocycles. The number of pyridine rings is 1. The molecule has 0 radical (unpaired) electrons. The highest BCUT2D eigenvalue weighted by atomic mass is 19.1. The molecule has 9 heteroatoms. The van der Waals surface area contributed by atoms with Crippen molar-refractivity contribution in [2.45, 2.75) is 44.1 Å². The summed E-state index contributed by atoms with van der Waals surface area (Å²) in [6.07, 6.45) is 2.98. The van der Waals surface area contributed by atoms with Gasteiger partial charge in [0.25, 0.3) is 0 Å². The zero-order chi connectivity index (χ0) is 23.4. The van der Waals surface area contributed by atoms with Gasteiger partial charge in [0, 0.05) is 47.4 Å². The topological polar surface area (TPSA) is 102 Å². The zero-order valence-corrected chi connectivity index (χ0v) is 18.8. The Morgan fingerprint density at radius 3 is 2.79 bits per heavy atom. The van der Waals surface area contributed by atoms with E-state index in [1.165, 1.54) is 6.07 Å². The van der Waals surface area contributed by atoms with Crippen LogP contribution in [0.15, 0.2) is 30.5 Å². The molecule has 1 aromatic carbocycles. The van der Waals surface area contributed by atoms with Crippen molar-refractivity contribution in [2.24, 2.45) is 0 Å². The first-order valence-corrected chi connectivity index (χ1v) is 11.6. The van der Waals surface area contributed by atoms with Gasteiger partial charge in [0.05, 0.1) is 23.8 Å². The molecule has 0 aliphatic carbocycles. The molecule has 4 aromatic rings. The predicted octanol–water partition coefficient (Wildman–Crippen LogP) is 4.20. The average Bonchev–Trinajstić information content (AvgIpc) is 3.56. The molecule has 2 N–H and O–H groups in total. The van der Waals surface area contributed by atoms with Crippen LogP contribution in [0, 0.1) is 12.7 Å². The van der Waals surface area contributed by atoms with Gasteiger partial charge < -0.3 is 19.1 Å². The first-order valence-electron chi connectivity index (χ1n) is 11.6. The van der Waals surface area contributed by atoms with Gasteiger partial charge in [-0.3, -0.25) is 5.10 Å². The smallest absolute Gasteiger partial charge is 0.332 e. The molecule has 34 heavy (non-hydrogen) atoms. The number of hydrogen-bond acceptors (Lipinski definition) is 5. The van der Waals surface area contributed by atoms with Crippen molar-refractivity contribution < 1.29 is 23.8 Å². The lowest BCUT2D eigenvalue weighted by atomic mass is 9.87. The van der Waals surface area contributed by atoms with Gasteiger partial charge in [-0.1, -0.05) is 0 Å². The summed E-state index contributed by atoms with van der Waals surface area (Å²) >= 11 is 0. The summed E-state index contributed by atoms with van der Waals surface area (Å²) in [5, 5.41) is 17.5. The summed E-state index contributed by atoms with van der Waals surface area (Å²) in [5.41, 5.74) is 5.91. The fourth-order valence-corrected chi connectivity index (χ4v) is 5.43. The number of aliphatic carboxylic acids is 1. The normalized spacial score (nSPS) is 21.6. The number of benzene rings is 1. The number of carboxylic acids is 1. The van der Waals surface area contributed by atoms with Crippen LogP contribution >= 0.6 is 0 Å². The van der Waals surface area contributed by atoms with Crippen molar-refractivity contribution in [3.8, 4) is 5.69 Å². The lowest BCUT2D eigenvalue weighted by molar-refractivity contribution is -0.147. The molecule has 1 unspecified atom stereocenters. The number of H-pyrrole nitrogens is 1. The monoisotopic (exact) mass is 464 g/mol. The van der Waals surface area contributed by atoms with Crippen LogP contribution in [-0.4, -0.2) is 56.7 Å². The van der Waals surface area contributed by atoms with Crippen molar-refractivity contribution in [2.75, 3.05) is 19.8 Å². The molecule has 2 aliphatic rings. The Hall–Kier alpha value is -3.30. The van der Waals surface area contributed by atoms with Crippen LogP contribution in [0.3, 0.4) is 0 Å². The molecule has 0 amide bonds. The number of fused-ring (bicyclic) bond motifs is 2. The standard InChI is InChI=1S/C25H25FN4O4/c1-13-8-17(2-3-18(13)26)30-19-9-15-11-27-29-24(15)28-22(19)21(16-10-20(25(31)32)34-12-16)23(30)14-4-6-33-7-5-14/h2-3,8-9,11,14,16,20H,4-7,10,12H2,1H3,(H,31,32)(H,27,28,29)/t16-,20?/m0/s1. The van der Waals surface area contributed by atoms with Crippen LogP contribution in [0.2, 0.25) is 0 Å². The summed E-state index contributed by atoms with van der Waals surface area (Å²) in [4.78, 5) is 16.6. The lowest BCUT2D eigenvalue weighted by Crippen LogP contribution is -2.20. The van der Waals surface area contributed by atoms with Crippen LogP contribution in [0.4, 0.5) is 4.39 Å². The Kier molecular flexibility index (Phi) is 5.11. The maximum absolute atomic E-state index is 14.2. The molecule has 6 rings (SSSR count). The van der Waals surface area contributed by atoms with E-state index in [0.29, 0.717) is 37.5 Å². The van der Waals surface area contributed by atoms with E-state index >= 15 is 0 Å². The maximum Gasteiger partial charge on any atom is 0.332 e. The summed E-state index contributed by atoms with van der Waals surface area (Å²) in [6.45, 7) is 3.39. The second-order valence-corrected chi connectivity index (χ2v) is 9.21. The fourth-order valence-electron chi connectivity index (χ4n) is 5.43. The van der Waals surface area contributed by atoms with Crippen LogP contribution < -0.4 is 0 Å². The minimum Gasteiger partial charge on any atom is -0.479 e. The highest BCUT2D eigenvalue weighted by molar-refractivity contribution is 5.94. The van der Waals surface area contributed by atoms with E-state index in [4.69, 9.17) is 14.5 Å². The summed E-state index contributed by atoms with van der Waals surface area (Å²) in [5.74, 6) is -1.12. The number of aryl methyl sites for hydroxylation is 1. The Morgan fingerprint density at radius 2 is 2.06 bits per heavy atom. The average molecular weight is 464 g/mol. The number of carboxylic acid groups (broad SMARTS) is 1. The van der Waals surface area contributed by atoms with Gasteiger partial charge in [-0.05, 0) is 56.0 Å². The van der Waals surface area contributed by atoms with Crippen molar-refractivity contribution in [3.05, 3.63) is 53.1 Å². The molecular weight excluding hydrogens is 439 g/mol. The Bertz CT molecular complexity index is 1410. The second-order valence-electron chi connectivity index (χ2n) is 9.21. The highest BCUT2D eigenvalue weighted by Crippen LogP contribution is 2.44. The molecule has 0 bridgehead atoms. The van der Waals surface area contributed by atoms with Crippen molar-refractivity contribution in [1.82, 2.24) is 19.7 Å². The molecule has 176 valence electrons. The zero-order valence-electron chi connectivity index (χ0n) is 18.8. The minimum atomic E-state index is -0.947. The summed E-state index contributed by atoms with van der Waals surface area (Å²) < 4.78 is 27.7. The molecule has 0 spiro atoms. The van der Waals surface area contributed by atoms with Crippen LogP contribution in [0.1, 0.15) is 47.9 Å². The van der Waals surface area contributed by atoms with Crippen LogP contribution in [-0.2, 0) is 14.3 Å². The van der Waals surface area contributed by atoms with E-state index in [9.17, 15) is 14.3 Å².